The molecule has 0 aliphatic carbocycles. The van der Waals surface area contributed by atoms with Gasteiger partial charge in [0.2, 0.25) is 11.8 Å². The average molecular weight is 306 g/mol. The number of nitrogens with zero attached hydrogens (tertiary/aromatic N) is 1. The Bertz CT molecular complexity index is 494. The van der Waals surface area contributed by atoms with Gasteiger partial charge in [0.1, 0.15) is 0 Å². The molecule has 21 heavy (non-hydrogen) atoms. The Morgan fingerprint density at radius 1 is 1.24 bits per heavy atom. The summed E-state index contributed by atoms with van der Waals surface area (Å²) in [6, 6.07) is 7.71. The first-order chi connectivity index (χ1) is 10.0. The van der Waals surface area contributed by atoms with Gasteiger partial charge < -0.3 is 10.2 Å². The van der Waals surface area contributed by atoms with Crippen molar-refractivity contribution in [2.24, 2.45) is 5.92 Å². The predicted molar refractivity (Wildman–Crippen MR) is 85.4 cm³/mol. The van der Waals surface area contributed by atoms with Crippen LogP contribution in [0.15, 0.2) is 29.2 Å². The fourth-order valence-electron chi connectivity index (χ4n) is 2.57. The number of likely N-dealkylation sites (tertiary alicyclic amines) is 1. The van der Waals surface area contributed by atoms with E-state index in [0.717, 1.165) is 42.9 Å². The van der Waals surface area contributed by atoms with Crippen LogP contribution in [0.25, 0.3) is 0 Å². The molecule has 0 radical (unpaired) electrons. The molecule has 1 fully saturated rings. The number of hydrogen-bond donors (Lipinski definition) is 2. The Labute approximate surface area is 131 Å². The van der Waals surface area contributed by atoms with Gasteiger partial charge in [0, 0.05) is 31.5 Å². The number of amides is 2. The van der Waals surface area contributed by atoms with Gasteiger partial charge in [-0.15, -0.1) is 12.6 Å². The van der Waals surface area contributed by atoms with Crippen LogP contribution in [0.3, 0.4) is 0 Å². The summed E-state index contributed by atoms with van der Waals surface area (Å²) in [5.41, 5.74) is 1.03. The first kappa shape index (κ1) is 15.9. The molecular weight excluding hydrogens is 284 g/mol. The van der Waals surface area contributed by atoms with E-state index in [1.54, 1.807) is 0 Å². The molecule has 114 valence electrons. The SMILES string of the molecule is CC(=O)NCC1CCN(C(=O)Cc2ccc(S)cc2)CC1. The molecule has 2 amide bonds. The topological polar surface area (TPSA) is 49.4 Å². The van der Waals surface area contributed by atoms with Crippen molar-refractivity contribution < 1.29 is 9.59 Å². The zero-order chi connectivity index (χ0) is 15.2. The van der Waals surface area contributed by atoms with Gasteiger partial charge in [-0.1, -0.05) is 12.1 Å². The average Bonchev–Trinajstić information content (AvgIpc) is 2.48. The zero-order valence-electron chi connectivity index (χ0n) is 12.3. The molecule has 1 aromatic carbocycles. The Balaban J connectivity index is 1.77. The summed E-state index contributed by atoms with van der Waals surface area (Å²) < 4.78 is 0. The maximum atomic E-state index is 12.3. The Kier molecular flexibility index (Phi) is 5.67. The van der Waals surface area contributed by atoms with E-state index in [4.69, 9.17) is 0 Å². The lowest BCUT2D eigenvalue weighted by Gasteiger charge is -2.32. The Morgan fingerprint density at radius 2 is 1.86 bits per heavy atom. The number of piperidine rings is 1. The summed E-state index contributed by atoms with van der Waals surface area (Å²) in [7, 11) is 0. The molecule has 1 aliphatic heterocycles. The molecule has 0 saturated carbocycles. The number of hydrogen-bond acceptors (Lipinski definition) is 3. The molecule has 1 N–H and O–H groups in total. The fraction of sp³-hybridized carbons (Fsp3) is 0.500. The summed E-state index contributed by atoms with van der Waals surface area (Å²) in [5, 5.41) is 2.85. The largest absolute Gasteiger partial charge is 0.356 e. The van der Waals surface area contributed by atoms with Gasteiger partial charge in [0.05, 0.1) is 6.42 Å². The Hall–Kier alpha value is -1.49. The number of nitrogens with one attached hydrogen (secondary N) is 1. The molecule has 1 heterocycles. The van der Waals surface area contributed by atoms with E-state index in [1.807, 2.05) is 29.2 Å². The van der Waals surface area contributed by atoms with Crippen molar-refractivity contribution in [3.05, 3.63) is 29.8 Å². The predicted octanol–water partition coefficient (Wildman–Crippen LogP) is 1.89. The van der Waals surface area contributed by atoms with E-state index in [2.05, 4.69) is 17.9 Å². The first-order valence-electron chi connectivity index (χ1n) is 7.34. The second-order valence-corrected chi connectivity index (χ2v) is 6.12. The third-order valence-corrected chi connectivity index (χ3v) is 4.20. The number of benzene rings is 1. The van der Waals surface area contributed by atoms with Crippen LogP contribution in [0.1, 0.15) is 25.3 Å². The van der Waals surface area contributed by atoms with E-state index in [0.29, 0.717) is 12.3 Å². The lowest BCUT2D eigenvalue weighted by atomic mass is 9.96. The van der Waals surface area contributed by atoms with E-state index in [-0.39, 0.29) is 11.8 Å². The lowest BCUT2D eigenvalue weighted by Crippen LogP contribution is -2.41. The van der Waals surface area contributed by atoms with Gasteiger partial charge in [-0.2, -0.15) is 0 Å². The van der Waals surface area contributed by atoms with Crippen LogP contribution in [0.4, 0.5) is 0 Å². The molecule has 0 unspecified atom stereocenters. The normalized spacial score (nSPS) is 15.8. The molecule has 0 spiro atoms. The second-order valence-electron chi connectivity index (χ2n) is 5.60. The number of carbonyl (C=O) groups is 2. The van der Waals surface area contributed by atoms with Crippen molar-refractivity contribution in [3.63, 3.8) is 0 Å². The minimum absolute atomic E-state index is 0.0149. The fourth-order valence-corrected chi connectivity index (χ4v) is 2.72. The van der Waals surface area contributed by atoms with Crippen LogP contribution in [0.2, 0.25) is 0 Å². The van der Waals surface area contributed by atoms with Crippen LogP contribution in [0.5, 0.6) is 0 Å². The highest BCUT2D eigenvalue weighted by atomic mass is 32.1. The van der Waals surface area contributed by atoms with Crippen molar-refractivity contribution in [1.29, 1.82) is 0 Å². The van der Waals surface area contributed by atoms with Gasteiger partial charge in [-0.05, 0) is 36.5 Å². The Morgan fingerprint density at radius 3 is 2.43 bits per heavy atom. The maximum Gasteiger partial charge on any atom is 0.226 e. The molecular formula is C16H22N2O2S. The van der Waals surface area contributed by atoms with E-state index < -0.39 is 0 Å². The smallest absolute Gasteiger partial charge is 0.226 e. The third-order valence-electron chi connectivity index (χ3n) is 3.90. The minimum Gasteiger partial charge on any atom is -0.356 e. The highest BCUT2D eigenvalue weighted by Crippen LogP contribution is 2.18. The first-order valence-corrected chi connectivity index (χ1v) is 7.79. The summed E-state index contributed by atoms with van der Waals surface area (Å²) in [6.07, 6.45) is 2.37. The maximum absolute atomic E-state index is 12.3. The molecule has 1 saturated heterocycles. The van der Waals surface area contributed by atoms with Crippen LogP contribution >= 0.6 is 12.6 Å². The van der Waals surface area contributed by atoms with Crippen LogP contribution in [0, 0.1) is 5.92 Å². The summed E-state index contributed by atoms with van der Waals surface area (Å²) in [4.78, 5) is 26.0. The monoisotopic (exact) mass is 306 g/mol. The van der Waals surface area contributed by atoms with Crippen LogP contribution in [-0.4, -0.2) is 36.3 Å². The van der Waals surface area contributed by atoms with Gasteiger partial charge in [-0.25, -0.2) is 0 Å². The van der Waals surface area contributed by atoms with E-state index in [1.165, 1.54) is 6.92 Å². The number of carbonyl (C=O) groups excluding carboxylic acids is 2. The van der Waals surface area contributed by atoms with Crippen LogP contribution < -0.4 is 5.32 Å². The molecule has 4 nitrogen and oxygen atoms in total. The molecule has 0 atom stereocenters. The summed E-state index contributed by atoms with van der Waals surface area (Å²) >= 11 is 4.24. The van der Waals surface area contributed by atoms with Crippen molar-refractivity contribution in [2.45, 2.75) is 31.1 Å². The van der Waals surface area contributed by atoms with Crippen LogP contribution in [-0.2, 0) is 16.0 Å². The van der Waals surface area contributed by atoms with Crippen molar-refractivity contribution in [3.8, 4) is 0 Å². The van der Waals surface area contributed by atoms with Crippen molar-refractivity contribution in [1.82, 2.24) is 10.2 Å². The van der Waals surface area contributed by atoms with E-state index in [9.17, 15) is 9.59 Å². The number of thiol groups is 1. The molecule has 2 rings (SSSR count). The molecule has 1 aliphatic rings. The highest BCUT2D eigenvalue weighted by molar-refractivity contribution is 7.80. The lowest BCUT2D eigenvalue weighted by molar-refractivity contribution is -0.132. The number of rotatable bonds is 4. The second kappa shape index (κ2) is 7.50. The van der Waals surface area contributed by atoms with Gasteiger partial charge >= 0.3 is 0 Å². The molecule has 0 bridgehead atoms. The molecule has 0 aromatic heterocycles. The highest BCUT2D eigenvalue weighted by Gasteiger charge is 2.22. The van der Waals surface area contributed by atoms with Crippen molar-refractivity contribution >= 4 is 24.4 Å². The molecule has 5 heteroatoms. The van der Waals surface area contributed by atoms with Gasteiger partial charge in [0.15, 0.2) is 0 Å². The van der Waals surface area contributed by atoms with Gasteiger partial charge in [-0.3, -0.25) is 9.59 Å². The minimum atomic E-state index is 0.0149. The quantitative estimate of drug-likeness (QED) is 0.835. The molecule has 1 aromatic rings. The van der Waals surface area contributed by atoms with Crippen molar-refractivity contribution in [2.75, 3.05) is 19.6 Å². The zero-order valence-corrected chi connectivity index (χ0v) is 13.2. The summed E-state index contributed by atoms with van der Waals surface area (Å²) in [6.45, 7) is 3.83. The standard InChI is InChI=1S/C16H22N2O2S/c1-12(19)17-11-14-6-8-18(9-7-14)16(20)10-13-2-4-15(21)5-3-13/h2-5,14,21H,6-11H2,1H3,(H,17,19). The van der Waals surface area contributed by atoms with Gasteiger partial charge in [0.25, 0.3) is 0 Å². The van der Waals surface area contributed by atoms with E-state index >= 15 is 0 Å². The third kappa shape index (κ3) is 5.08. The summed E-state index contributed by atoms with van der Waals surface area (Å²) in [5.74, 6) is 0.683.